The molecule has 3 nitrogen and oxygen atoms in total. The van der Waals surface area contributed by atoms with Crippen LogP contribution in [-0.2, 0) is 0 Å². The van der Waals surface area contributed by atoms with Crippen molar-refractivity contribution < 1.29 is 4.79 Å². The molecule has 0 atom stereocenters. The minimum absolute atomic E-state index is 0.0356. The molecule has 1 amide bonds. The summed E-state index contributed by atoms with van der Waals surface area (Å²) in [7, 11) is 0. The number of alkyl halides is 1. The van der Waals surface area contributed by atoms with Crippen LogP contribution in [0.5, 0.6) is 0 Å². The van der Waals surface area contributed by atoms with Gasteiger partial charge in [0.25, 0.3) is 5.91 Å². The van der Waals surface area contributed by atoms with E-state index in [-0.39, 0.29) is 11.4 Å². The third-order valence-corrected chi connectivity index (χ3v) is 3.32. The van der Waals surface area contributed by atoms with E-state index in [0.29, 0.717) is 4.88 Å². The van der Waals surface area contributed by atoms with Gasteiger partial charge in [0.15, 0.2) is 0 Å². The van der Waals surface area contributed by atoms with Crippen molar-refractivity contribution in [2.24, 2.45) is 0 Å². The fraction of sp³-hybridized carbons (Fsp3) is 0.600. The molecule has 0 aliphatic carbocycles. The van der Waals surface area contributed by atoms with E-state index in [9.17, 15) is 4.79 Å². The number of carbonyl (C=O) groups excluding carboxylic acids is 1. The first-order valence-corrected chi connectivity index (χ1v) is 6.69. The molecule has 0 radical (unpaired) electrons. The molecular weight excluding hydrogens is 276 g/mol. The highest BCUT2D eigenvalue weighted by Crippen LogP contribution is 2.15. The summed E-state index contributed by atoms with van der Waals surface area (Å²) < 4.78 is 0. The zero-order valence-electron chi connectivity index (χ0n) is 9.13. The molecule has 0 saturated heterocycles. The molecule has 0 aromatic carbocycles. The van der Waals surface area contributed by atoms with E-state index in [0.717, 1.165) is 16.8 Å². The predicted molar refractivity (Wildman–Crippen MR) is 66.8 cm³/mol. The highest BCUT2D eigenvalue weighted by molar-refractivity contribution is 9.09. The smallest absolute Gasteiger partial charge is 0.263 e. The summed E-state index contributed by atoms with van der Waals surface area (Å²) in [5.74, 6) is -0.0356. The van der Waals surface area contributed by atoms with Gasteiger partial charge in [0.2, 0.25) is 0 Å². The SMILES string of the molecule is Cc1ncc(C(=O)NC(C)(C)CCBr)s1. The number of halogens is 1. The van der Waals surface area contributed by atoms with Gasteiger partial charge < -0.3 is 5.32 Å². The monoisotopic (exact) mass is 290 g/mol. The molecule has 1 aromatic rings. The Morgan fingerprint density at radius 2 is 2.33 bits per heavy atom. The summed E-state index contributed by atoms with van der Waals surface area (Å²) in [6, 6.07) is 0. The number of nitrogens with one attached hydrogen (secondary N) is 1. The molecule has 1 rings (SSSR count). The Balaban J connectivity index is 2.63. The van der Waals surface area contributed by atoms with Gasteiger partial charge in [0, 0.05) is 10.9 Å². The van der Waals surface area contributed by atoms with Gasteiger partial charge in [-0.1, -0.05) is 15.9 Å². The van der Waals surface area contributed by atoms with E-state index >= 15 is 0 Å². The van der Waals surface area contributed by atoms with Crippen LogP contribution in [0.3, 0.4) is 0 Å². The highest BCUT2D eigenvalue weighted by Gasteiger charge is 2.21. The number of hydrogen-bond acceptors (Lipinski definition) is 3. The third-order valence-electron chi connectivity index (χ3n) is 2.02. The fourth-order valence-corrected chi connectivity index (χ4v) is 2.80. The topological polar surface area (TPSA) is 42.0 Å². The summed E-state index contributed by atoms with van der Waals surface area (Å²) in [4.78, 5) is 16.5. The number of carbonyl (C=O) groups is 1. The van der Waals surface area contributed by atoms with E-state index in [4.69, 9.17) is 0 Å². The standard InChI is InChI=1S/C10H15BrN2OS/c1-7-12-6-8(15-7)9(14)13-10(2,3)4-5-11/h6H,4-5H2,1-3H3,(H,13,14). The van der Waals surface area contributed by atoms with Gasteiger partial charge in [0.1, 0.15) is 4.88 Å². The fourth-order valence-electron chi connectivity index (χ4n) is 1.13. The van der Waals surface area contributed by atoms with Gasteiger partial charge in [0.05, 0.1) is 11.2 Å². The lowest BCUT2D eigenvalue weighted by Crippen LogP contribution is -2.43. The van der Waals surface area contributed by atoms with Crippen molar-refractivity contribution in [3.05, 3.63) is 16.1 Å². The molecule has 0 unspecified atom stereocenters. The Morgan fingerprint density at radius 3 is 2.80 bits per heavy atom. The number of amides is 1. The molecule has 1 aromatic heterocycles. The first-order chi connectivity index (χ1) is 6.94. The van der Waals surface area contributed by atoms with Crippen LogP contribution in [0.2, 0.25) is 0 Å². The van der Waals surface area contributed by atoms with Gasteiger partial charge in [-0.3, -0.25) is 4.79 Å². The lowest BCUT2D eigenvalue weighted by atomic mass is 10.0. The minimum atomic E-state index is -0.182. The Hall–Kier alpha value is -0.420. The second-order valence-electron chi connectivity index (χ2n) is 4.02. The Morgan fingerprint density at radius 1 is 1.67 bits per heavy atom. The number of hydrogen-bond donors (Lipinski definition) is 1. The maximum absolute atomic E-state index is 11.8. The lowest BCUT2D eigenvalue weighted by Gasteiger charge is -2.24. The number of rotatable bonds is 4. The molecular formula is C10H15BrN2OS. The van der Waals surface area contributed by atoms with Crippen LogP contribution in [0, 0.1) is 6.92 Å². The lowest BCUT2D eigenvalue weighted by molar-refractivity contribution is 0.0916. The van der Waals surface area contributed by atoms with Crippen LogP contribution >= 0.6 is 27.3 Å². The molecule has 0 fully saturated rings. The molecule has 0 saturated carbocycles. The van der Waals surface area contributed by atoms with Gasteiger partial charge in [-0.15, -0.1) is 11.3 Å². The Bertz CT molecular complexity index is 349. The molecule has 0 aliphatic heterocycles. The zero-order valence-corrected chi connectivity index (χ0v) is 11.5. The van der Waals surface area contributed by atoms with Crippen LogP contribution in [-0.4, -0.2) is 21.8 Å². The number of nitrogens with zero attached hydrogens (tertiary/aromatic N) is 1. The van der Waals surface area contributed by atoms with E-state index in [1.54, 1.807) is 6.20 Å². The van der Waals surface area contributed by atoms with Crippen LogP contribution < -0.4 is 5.32 Å². The number of thiazole rings is 1. The average Bonchev–Trinajstić information content (AvgIpc) is 2.50. The van der Waals surface area contributed by atoms with E-state index in [1.807, 2.05) is 20.8 Å². The molecule has 1 N–H and O–H groups in total. The van der Waals surface area contributed by atoms with Gasteiger partial charge in [-0.25, -0.2) is 4.98 Å². The Kier molecular flexibility index (Phi) is 4.28. The number of aromatic nitrogens is 1. The maximum Gasteiger partial charge on any atom is 0.263 e. The van der Waals surface area contributed by atoms with Crippen LogP contribution in [0.1, 0.15) is 34.9 Å². The van der Waals surface area contributed by atoms with E-state index in [1.165, 1.54) is 11.3 Å². The van der Waals surface area contributed by atoms with Crippen molar-refractivity contribution in [3.63, 3.8) is 0 Å². The van der Waals surface area contributed by atoms with Crippen molar-refractivity contribution in [1.82, 2.24) is 10.3 Å². The zero-order chi connectivity index (χ0) is 11.5. The molecule has 5 heteroatoms. The molecule has 0 aliphatic rings. The van der Waals surface area contributed by atoms with Gasteiger partial charge in [-0.05, 0) is 27.2 Å². The normalized spacial score (nSPS) is 11.5. The average molecular weight is 291 g/mol. The van der Waals surface area contributed by atoms with Crippen LogP contribution in [0.15, 0.2) is 6.20 Å². The molecule has 0 bridgehead atoms. The van der Waals surface area contributed by atoms with Crippen molar-refractivity contribution in [1.29, 1.82) is 0 Å². The summed E-state index contributed by atoms with van der Waals surface area (Å²) in [5, 5.41) is 4.78. The highest BCUT2D eigenvalue weighted by atomic mass is 79.9. The van der Waals surface area contributed by atoms with Crippen molar-refractivity contribution in [2.45, 2.75) is 32.7 Å². The summed E-state index contributed by atoms with van der Waals surface area (Å²) >= 11 is 4.79. The number of aryl methyl sites for hydroxylation is 1. The van der Waals surface area contributed by atoms with E-state index in [2.05, 4.69) is 26.2 Å². The summed E-state index contributed by atoms with van der Waals surface area (Å²) in [6.45, 7) is 5.92. The summed E-state index contributed by atoms with van der Waals surface area (Å²) in [6.07, 6.45) is 2.52. The van der Waals surface area contributed by atoms with Crippen molar-refractivity contribution in [2.75, 3.05) is 5.33 Å². The third kappa shape index (κ3) is 3.91. The second-order valence-corrected chi connectivity index (χ2v) is 6.05. The second kappa shape index (κ2) is 5.07. The maximum atomic E-state index is 11.8. The first kappa shape index (κ1) is 12.6. The van der Waals surface area contributed by atoms with Crippen molar-refractivity contribution >= 4 is 33.2 Å². The summed E-state index contributed by atoms with van der Waals surface area (Å²) in [5.41, 5.74) is -0.182. The van der Waals surface area contributed by atoms with Gasteiger partial charge >= 0.3 is 0 Å². The minimum Gasteiger partial charge on any atom is -0.346 e. The molecule has 15 heavy (non-hydrogen) atoms. The molecule has 1 heterocycles. The van der Waals surface area contributed by atoms with Crippen LogP contribution in [0.25, 0.3) is 0 Å². The quantitative estimate of drug-likeness (QED) is 0.867. The van der Waals surface area contributed by atoms with E-state index < -0.39 is 0 Å². The Labute approximate surface area is 102 Å². The van der Waals surface area contributed by atoms with Crippen LogP contribution in [0.4, 0.5) is 0 Å². The largest absolute Gasteiger partial charge is 0.346 e. The molecule has 0 spiro atoms. The van der Waals surface area contributed by atoms with Crippen molar-refractivity contribution in [3.8, 4) is 0 Å². The molecule has 84 valence electrons. The first-order valence-electron chi connectivity index (χ1n) is 4.75. The van der Waals surface area contributed by atoms with Gasteiger partial charge in [-0.2, -0.15) is 0 Å². The predicted octanol–water partition coefficient (Wildman–Crippen LogP) is 2.74.